The number of amides is 2. The maximum absolute atomic E-state index is 12.5. The van der Waals surface area contributed by atoms with E-state index < -0.39 is 0 Å². The second kappa shape index (κ2) is 6.78. The molecule has 2 amide bonds. The van der Waals surface area contributed by atoms with Gasteiger partial charge in [-0.15, -0.1) is 11.8 Å². The summed E-state index contributed by atoms with van der Waals surface area (Å²) in [7, 11) is 1.76. The summed E-state index contributed by atoms with van der Waals surface area (Å²) in [6.07, 6.45) is -0.285. The Morgan fingerprint density at radius 1 is 1.57 bits per heavy atom. The molecule has 1 saturated heterocycles. The molecule has 0 bridgehead atoms. The maximum atomic E-state index is 12.5. The number of β-lactam (4-membered cyclic amide) rings is 1. The minimum atomic E-state index is -0.285. The van der Waals surface area contributed by atoms with Crippen molar-refractivity contribution in [1.29, 1.82) is 0 Å². The van der Waals surface area contributed by atoms with Gasteiger partial charge in [0.2, 0.25) is 5.91 Å². The molecule has 2 aliphatic rings. The summed E-state index contributed by atoms with van der Waals surface area (Å²) < 4.78 is 0. The Kier molecular flexibility index (Phi) is 5.26. The van der Waals surface area contributed by atoms with Crippen LogP contribution in [0.4, 0.5) is 0 Å². The number of thioether (sulfide) groups is 1. The van der Waals surface area contributed by atoms with E-state index in [0.717, 1.165) is 11.3 Å². The molecule has 0 aliphatic carbocycles. The van der Waals surface area contributed by atoms with Crippen LogP contribution in [0.3, 0.4) is 0 Å². The second-order valence-electron chi connectivity index (χ2n) is 5.12. The Bertz CT molecular complexity index is 467. The molecule has 8 heteroatoms. The Morgan fingerprint density at radius 3 is 2.86 bits per heavy atom. The number of fused-ring (bicyclic) bond motifs is 1. The molecule has 2 heterocycles. The van der Waals surface area contributed by atoms with E-state index in [-0.39, 0.29) is 29.4 Å². The van der Waals surface area contributed by atoms with E-state index in [0.29, 0.717) is 18.8 Å². The van der Waals surface area contributed by atoms with Gasteiger partial charge in [-0.3, -0.25) is 19.8 Å². The number of rotatable bonds is 6. The number of nitrogens with two attached hydrogens (primary N) is 1. The lowest BCUT2D eigenvalue weighted by molar-refractivity contribution is -0.145. The highest BCUT2D eigenvalue weighted by atomic mass is 32.2. The number of hydrogen-bond acceptors (Lipinski definition) is 6. The zero-order valence-electron chi connectivity index (χ0n) is 12.6. The molecular weight excluding hydrogens is 290 g/mol. The Morgan fingerprint density at radius 2 is 2.29 bits per heavy atom. The largest absolute Gasteiger partial charge is 0.334 e. The molecule has 3 atom stereocenters. The summed E-state index contributed by atoms with van der Waals surface area (Å²) in [5.74, 6) is 0.466. The normalized spacial score (nSPS) is 26.3. The van der Waals surface area contributed by atoms with Gasteiger partial charge in [-0.2, -0.15) is 0 Å². The minimum Gasteiger partial charge on any atom is -0.334 e. The monoisotopic (exact) mass is 313 g/mol. The van der Waals surface area contributed by atoms with E-state index in [4.69, 9.17) is 5.73 Å². The molecule has 0 aromatic heterocycles. The van der Waals surface area contributed by atoms with Crippen LogP contribution in [0, 0.1) is 0 Å². The molecule has 2 rings (SSSR count). The van der Waals surface area contributed by atoms with Gasteiger partial charge >= 0.3 is 0 Å². The highest BCUT2D eigenvalue weighted by Crippen LogP contribution is 2.39. The molecular formula is C13H23N5O2S. The highest BCUT2D eigenvalue weighted by Gasteiger charge is 2.52. The Balaban J connectivity index is 2.13. The number of likely N-dealkylation sites (N-methyl/N-ethyl adjacent to an activating group) is 2. The summed E-state index contributed by atoms with van der Waals surface area (Å²) in [4.78, 5) is 26.3. The standard InChI is InChI=1S/C13H23N5O2S/c1-4-16-8(5-14)17-11(19)10-7(2)6-21-13-9(15-3)12(20)18(10)13/h8-9,13,15-16H,4-6,14H2,1-3H3,(H,17,19). The lowest BCUT2D eigenvalue weighted by Crippen LogP contribution is -2.70. The van der Waals surface area contributed by atoms with E-state index >= 15 is 0 Å². The fraction of sp³-hybridized carbons (Fsp3) is 0.692. The van der Waals surface area contributed by atoms with Crippen LogP contribution in [0.15, 0.2) is 11.3 Å². The van der Waals surface area contributed by atoms with Crippen molar-refractivity contribution in [3.05, 3.63) is 11.3 Å². The molecule has 21 heavy (non-hydrogen) atoms. The second-order valence-corrected chi connectivity index (χ2v) is 6.23. The lowest BCUT2D eigenvalue weighted by Gasteiger charge is -2.49. The SMILES string of the molecule is CCNC(CN)NC(=O)C1=C(C)CSC2C(NC)C(=O)N12. The van der Waals surface area contributed by atoms with Crippen LogP contribution < -0.4 is 21.7 Å². The third-order valence-electron chi connectivity index (χ3n) is 3.68. The van der Waals surface area contributed by atoms with E-state index in [1.807, 2.05) is 13.8 Å². The lowest BCUT2D eigenvalue weighted by atomic mass is 10.0. The molecule has 7 nitrogen and oxygen atoms in total. The maximum Gasteiger partial charge on any atom is 0.269 e. The predicted molar refractivity (Wildman–Crippen MR) is 83.3 cm³/mol. The summed E-state index contributed by atoms with van der Waals surface area (Å²) in [5.41, 5.74) is 7.03. The van der Waals surface area contributed by atoms with Gasteiger partial charge in [0.05, 0.1) is 6.17 Å². The van der Waals surface area contributed by atoms with Crippen LogP contribution in [0.25, 0.3) is 0 Å². The van der Waals surface area contributed by atoms with E-state index in [2.05, 4.69) is 16.0 Å². The smallest absolute Gasteiger partial charge is 0.269 e. The Hall–Kier alpha value is -1.09. The molecule has 0 radical (unpaired) electrons. The first-order chi connectivity index (χ1) is 10.0. The van der Waals surface area contributed by atoms with E-state index in [9.17, 15) is 9.59 Å². The first-order valence-electron chi connectivity index (χ1n) is 7.11. The van der Waals surface area contributed by atoms with Gasteiger partial charge in [-0.05, 0) is 26.1 Å². The average Bonchev–Trinajstić information content (AvgIpc) is 2.47. The van der Waals surface area contributed by atoms with Gasteiger partial charge in [0.25, 0.3) is 5.91 Å². The molecule has 5 N–H and O–H groups in total. The van der Waals surface area contributed by atoms with Crippen molar-refractivity contribution >= 4 is 23.6 Å². The number of hydrogen-bond donors (Lipinski definition) is 4. The zero-order valence-corrected chi connectivity index (χ0v) is 13.4. The molecule has 1 fully saturated rings. The average molecular weight is 313 g/mol. The van der Waals surface area contributed by atoms with Gasteiger partial charge < -0.3 is 16.4 Å². The third-order valence-corrected chi connectivity index (χ3v) is 5.10. The number of carbonyl (C=O) groups excluding carboxylic acids is 2. The van der Waals surface area contributed by atoms with Gasteiger partial charge in [0.15, 0.2) is 0 Å². The van der Waals surface area contributed by atoms with Gasteiger partial charge in [-0.1, -0.05) is 6.92 Å². The molecule has 118 valence electrons. The van der Waals surface area contributed by atoms with E-state index in [1.165, 1.54) is 0 Å². The van der Waals surface area contributed by atoms with Crippen molar-refractivity contribution in [2.75, 3.05) is 25.9 Å². The fourth-order valence-corrected chi connectivity index (χ4v) is 3.95. The Labute approximate surface area is 129 Å². The third kappa shape index (κ3) is 2.94. The van der Waals surface area contributed by atoms with Crippen LogP contribution in [0.5, 0.6) is 0 Å². The van der Waals surface area contributed by atoms with Crippen LogP contribution in [-0.4, -0.2) is 60.2 Å². The minimum absolute atomic E-state index is 0.00223. The molecule has 0 saturated carbocycles. The topological polar surface area (TPSA) is 99.5 Å². The number of nitrogens with zero attached hydrogens (tertiary/aromatic N) is 1. The van der Waals surface area contributed by atoms with Crippen LogP contribution in [0.2, 0.25) is 0 Å². The van der Waals surface area contributed by atoms with Crippen molar-refractivity contribution in [1.82, 2.24) is 20.9 Å². The molecule has 2 aliphatic heterocycles. The quantitative estimate of drug-likeness (QED) is 0.362. The van der Waals surface area contributed by atoms with Crippen molar-refractivity contribution in [2.24, 2.45) is 5.73 Å². The number of carbonyl (C=O) groups is 2. The van der Waals surface area contributed by atoms with Crippen molar-refractivity contribution < 1.29 is 9.59 Å². The molecule has 0 aromatic rings. The van der Waals surface area contributed by atoms with Gasteiger partial charge in [0.1, 0.15) is 17.1 Å². The molecule has 0 aromatic carbocycles. The summed E-state index contributed by atoms with van der Waals surface area (Å²) >= 11 is 1.68. The van der Waals surface area contributed by atoms with Crippen LogP contribution >= 0.6 is 11.8 Å². The highest BCUT2D eigenvalue weighted by molar-refractivity contribution is 8.00. The number of nitrogens with one attached hydrogen (secondary N) is 3. The van der Waals surface area contributed by atoms with Crippen molar-refractivity contribution in [3.8, 4) is 0 Å². The van der Waals surface area contributed by atoms with Crippen molar-refractivity contribution in [3.63, 3.8) is 0 Å². The summed E-state index contributed by atoms with van der Waals surface area (Å²) in [6.45, 7) is 4.85. The summed E-state index contributed by atoms with van der Waals surface area (Å²) in [5, 5.41) is 8.94. The first kappa shape index (κ1) is 16.3. The zero-order chi connectivity index (χ0) is 15.6. The molecule has 3 unspecified atom stereocenters. The van der Waals surface area contributed by atoms with Gasteiger partial charge in [-0.25, -0.2) is 0 Å². The predicted octanol–water partition coefficient (Wildman–Crippen LogP) is -1.23. The molecule has 0 spiro atoms. The first-order valence-corrected chi connectivity index (χ1v) is 8.16. The van der Waals surface area contributed by atoms with Crippen LogP contribution in [-0.2, 0) is 9.59 Å². The van der Waals surface area contributed by atoms with Crippen molar-refractivity contribution in [2.45, 2.75) is 31.4 Å². The summed E-state index contributed by atoms with van der Waals surface area (Å²) in [6, 6.07) is -0.204. The van der Waals surface area contributed by atoms with Crippen LogP contribution in [0.1, 0.15) is 13.8 Å². The van der Waals surface area contributed by atoms with E-state index in [1.54, 1.807) is 23.7 Å². The fourth-order valence-electron chi connectivity index (χ4n) is 2.59. The van der Waals surface area contributed by atoms with Gasteiger partial charge in [0, 0.05) is 12.3 Å².